The van der Waals surface area contributed by atoms with Crippen molar-refractivity contribution in [3.05, 3.63) is 52.0 Å². The molecule has 0 amide bonds. The summed E-state index contributed by atoms with van der Waals surface area (Å²) in [6.07, 6.45) is -1.15. The van der Waals surface area contributed by atoms with Crippen molar-refractivity contribution in [2.24, 2.45) is 0 Å². The molecule has 140 valence electrons. The smallest absolute Gasteiger partial charge is 0.416 e. The van der Waals surface area contributed by atoms with Crippen LogP contribution in [-0.2, 0) is 10.9 Å². The summed E-state index contributed by atoms with van der Waals surface area (Å²) in [6.45, 7) is 1.96. The summed E-state index contributed by atoms with van der Waals surface area (Å²) in [5, 5.41) is 0.611. The number of thiophene rings is 1. The van der Waals surface area contributed by atoms with Crippen LogP contribution in [0.15, 0.2) is 30.3 Å². The Kier molecular flexibility index (Phi) is 5.13. The minimum absolute atomic E-state index is 0.0341. The summed E-state index contributed by atoms with van der Waals surface area (Å²) in [7, 11) is 0. The molecule has 3 rings (SSSR count). The molecular weight excluding hydrogens is 379 g/mol. The van der Waals surface area contributed by atoms with Crippen LogP contribution in [0.3, 0.4) is 0 Å². The molecule has 2 heterocycles. The van der Waals surface area contributed by atoms with Gasteiger partial charge < -0.3 is 10.5 Å². The number of ether oxygens (including phenoxy) is 1. The second kappa shape index (κ2) is 7.36. The van der Waals surface area contributed by atoms with Crippen LogP contribution in [0, 0.1) is 0 Å². The van der Waals surface area contributed by atoms with Crippen molar-refractivity contribution in [1.29, 1.82) is 0 Å². The third-order valence-corrected chi connectivity index (χ3v) is 4.60. The van der Waals surface area contributed by atoms with E-state index in [0.29, 0.717) is 26.4 Å². The highest BCUT2D eigenvalue weighted by Crippen LogP contribution is 2.30. The Morgan fingerprint density at radius 1 is 1.22 bits per heavy atom. The Bertz CT molecular complexity index is 1010. The van der Waals surface area contributed by atoms with Crippen molar-refractivity contribution in [2.75, 3.05) is 12.3 Å². The van der Waals surface area contributed by atoms with Crippen molar-refractivity contribution in [3.63, 3.8) is 0 Å². The molecule has 0 saturated carbocycles. The van der Waals surface area contributed by atoms with E-state index in [0.717, 1.165) is 23.5 Å². The summed E-state index contributed by atoms with van der Waals surface area (Å²) in [6, 6.07) is 6.35. The van der Waals surface area contributed by atoms with Crippen LogP contribution in [0.4, 0.5) is 19.1 Å². The fourth-order valence-corrected chi connectivity index (χ4v) is 3.29. The van der Waals surface area contributed by atoms with Crippen molar-refractivity contribution in [3.8, 4) is 0 Å². The van der Waals surface area contributed by atoms with E-state index < -0.39 is 17.7 Å². The lowest BCUT2D eigenvalue weighted by atomic mass is 10.1. The first-order chi connectivity index (χ1) is 12.8. The number of aromatic nitrogens is 2. The first-order valence-corrected chi connectivity index (χ1v) is 8.69. The summed E-state index contributed by atoms with van der Waals surface area (Å²) in [5.74, 6) is -0.427. The summed E-state index contributed by atoms with van der Waals surface area (Å²) in [5.41, 5.74) is 6.02. The number of hydrogen-bond donors (Lipinski definition) is 1. The van der Waals surface area contributed by atoms with Crippen LogP contribution in [-0.4, -0.2) is 22.5 Å². The highest BCUT2D eigenvalue weighted by molar-refractivity contribution is 7.20. The molecule has 0 spiro atoms. The average molecular weight is 393 g/mol. The van der Waals surface area contributed by atoms with Crippen molar-refractivity contribution >= 4 is 45.6 Å². The number of carbonyl (C=O) groups is 1. The Labute approximate surface area is 156 Å². The number of alkyl halides is 3. The predicted octanol–water partition coefficient (Wildman–Crippen LogP) is 4.64. The molecule has 0 bridgehead atoms. The maximum atomic E-state index is 12.6. The quantitative estimate of drug-likeness (QED) is 0.654. The molecule has 5 nitrogen and oxygen atoms in total. The largest absolute Gasteiger partial charge is 0.462 e. The molecule has 2 aromatic heterocycles. The van der Waals surface area contributed by atoms with Gasteiger partial charge in [0.15, 0.2) is 0 Å². The molecule has 1 aromatic carbocycles. The number of nitrogen functional groups attached to an aromatic ring is 1. The lowest BCUT2D eigenvalue weighted by Gasteiger charge is -2.05. The highest BCUT2D eigenvalue weighted by atomic mass is 32.1. The third kappa shape index (κ3) is 4.25. The summed E-state index contributed by atoms with van der Waals surface area (Å²) >= 11 is 1.14. The van der Waals surface area contributed by atoms with Crippen molar-refractivity contribution in [2.45, 2.75) is 13.1 Å². The molecule has 9 heteroatoms. The predicted molar refractivity (Wildman–Crippen MR) is 98.2 cm³/mol. The van der Waals surface area contributed by atoms with Gasteiger partial charge in [-0.3, -0.25) is 0 Å². The second-order valence-corrected chi connectivity index (χ2v) is 6.50. The van der Waals surface area contributed by atoms with Crippen LogP contribution in [0.5, 0.6) is 0 Å². The molecule has 0 saturated heterocycles. The zero-order chi connectivity index (χ0) is 19.6. The number of anilines is 1. The third-order valence-electron chi connectivity index (χ3n) is 3.59. The maximum absolute atomic E-state index is 12.6. The van der Waals surface area contributed by atoms with Gasteiger partial charge in [0.1, 0.15) is 9.71 Å². The molecule has 2 N–H and O–H groups in total. The van der Waals surface area contributed by atoms with Gasteiger partial charge in [-0.05, 0) is 36.8 Å². The first-order valence-electron chi connectivity index (χ1n) is 7.87. The zero-order valence-corrected chi connectivity index (χ0v) is 14.9. The van der Waals surface area contributed by atoms with Crippen LogP contribution >= 0.6 is 11.3 Å². The minimum Gasteiger partial charge on any atom is -0.462 e. The van der Waals surface area contributed by atoms with E-state index in [-0.39, 0.29) is 12.6 Å². The first kappa shape index (κ1) is 18.8. The maximum Gasteiger partial charge on any atom is 0.416 e. The van der Waals surface area contributed by atoms with E-state index in [4.69, 9.17) is 10.5 Å². The SMILES string of the molecule is CCOC(=O)c1cc2c(/C=C/c3ccc(C(F)(F)F)cc3)nc(N)nc2s1. The van der Waals surface area contributed by atoms with Crippen LogP contribution in [0.25, 0.3) is 22.4 Å². The van der Waals surface area contributed by atoms with Crippen LogP contribution < -0.4 is 5.73 Å². The fraction of sp³-hybridized carbons (Fsp3) is 0.167. The number of rotatable bonds is 4. The molecule has 0 aliphatic rings. The topological polar surface area (TPSA) is 78.1 Å². The van der Waals surface area contributed by atoms with Gasteiger partial charge in [0, 0.05) is 5.39 Å². The molecule has 27 heavy (non-hydrogen) atoms. The Balaban J connectivity index is 1.94. The standard InChI is InChI=1S/C18H14F3N3O2S/c1-2-26-16(25)14-9-12-13(23-17(22)24-15(12)27-14)8-5-10-3-6-11(7-4-10)18(19,20)21/h3-9H,2H2,1H3,(H2,22,23,24)/b8-5+. The van der Waals surface area contributed by atoms with E-state index in [1.165, 1.54) is 12.1 Å². The lowest BCUT2D eigenvalue weighted by molar-refractivity contribution is -0.137. The Morgan fingerprint density at radius 3 is 2.56 bits per heavy atom. The van der Waals surface area contributed by atoms with E-state index in [1.54, 1.807) is 25.1 Å². The number of fused-ring (bicyclic) bond motifs is 1. The van der Waals surface area contributed by atoms with E-state index in [1.807, 2.05) is 0 Å². The van der Waals surface area contributed by atoms with Crippen molar-refractivity contribution < 1.29 is 22.7 Å². The molecule has 0 aliphatic heterocycles. The van der Waals surface area contributed by atoms with E-state index in [2.05, 4.69) is 9.97 Å². The monoisotopic (exact) mass is 393 g/mol. The average Bonchev–Trinajstić information content (AvgIpc) is 3.03. The van der Waals surface area contributed by atoms with Crippen LogP contribution in [0.2, 0.25) is 0 Å². The van der Waals surface area contributed by atoms with Gasteiger partial charge in [-0.15, -0.1) is 11.3 Å². The number of nitrogens with zero attached hydrogens (tertiary/aromatic N) is 2. The van der Waals surface area contributed by atoms with Crippen molar-refractivity contribution in [1.82, 2.24) is 9.97 Å². The summed E-state index contributed by atoms with van der Waals surface area (Å²) in [4.78, 5) is 21.1. The molecule has 0 fully saturated rings. The van der Waals surface area contributed by atoms with Gasteiger partial charge in [-0.2, -0.15) is 13.2 Å². The number of hydrogen-bond acceptors (Lipinski definition) is 6. The zero-order valence-electron chi connectivity index (χ0n) is 14.1. The molecule has 0 unspecified atom stereocenters. The second-order valence-electron chi connectivity index (χ2n) is 5.47. The molecule has 0 aliphatic carbocycles. The lowest BCUT2D eigenvalue weighted by Crippen LogP contribution is -2.03. The van der Waals surface area contributed by atoms with Gasteiger partial charge in [0.2, 0.25) is 5.95 Å². The van der Waals surface area contributed by atoms with Crippen LogP contribution in [0.1, 0.15) is 33.4 Å². The highest BCUT2D eigenvalue weighted by Gasteiger charge is 2.29. The number of esters is 1. The number of benzene rings is 1. The van der Waals surface area contributed by atoms with Gasteiger partial charge in [0.25, 0.3) is 0 Å². The molecular formula is C18H14F3N3O2S. The minimum atomic E-state index is -4.38. The molecule has 3 aromatic rings. The van der Waals surface area contributed by atoms with Gasteiger partial charge in [0.05, 0.1) is 17.9 Å². The molecule has 0 atom stereocenters. The molecule has 0 radical (unpaired) electrons. The fourth-order valence-electron chi connectivity index (χ4n) is 2.35. The van der Waals surface area contributed by atoms with E-state index in [9.17, 15) is 18.0 Å². The Morgan fingerprint density at radius 2 is 1.93 bits per heavy atom. The Hall–Kier alpha value is -2.94. The van der Waals surface area contributed by atoms with Gasteiger partial charge >= 0.3 is 12.1 Å². The van der Waals surface area contributed by atoms with Gasteiger partial charge in [-0.1, -0.05) is 18.2 Å². The van der Waals surface area contributed by atoms with E-state index >= 15 is 0 Å². The van der Waals surface area contributed by atoms with Gasteiger partial charge in [-0.25, -0.2) is 14.8 Å². The number of nitrogens with two attached hydrogens (primary N) is 1. The normalized spacial score (nSPS) is 12.0. The number of halogens is 3. The number of carbonyl (C=O) groups excluding carboxylic acids is 1. The summed E-state index contributed by atoms with van der Waals surface area (Å²) < 4.78 is 42.9.